The van der Waals surface area contributed by atoms with Gasteiger partial charge in [-0.25, -0.2) is 16.8 Å². The average molecular weight is 849 g/mol. The standard InChI is InChI=1S/C18H28N14O12S4.4Na/c33-41-43-45-7-3-19-13-25-14(20-4-8-46-44-42-34)28-17(27-13)23-11-1-2-12(32-31-11)24-18-29-15(21-5-9-47(35,36)37)26-16(30-18)22-6-10-48(38,39)40;;;;/h1-2,33-34H,3-10H2,(H,35,36,37)(H,38,39,40)(H3,19,20,23,25,27,28,31)(H3,21,22,24,26,29,30,32);;;;/q;4*+1/p-4. The van der Waals surface area contributed by atoms with Gasteiger partial charge in [0.05, 0.1) is 31.7 Å². The summed E-state index contributed by atoms with van der Waals surface area (Å²) in [5, 5.41) is 50.9. The van der Waals surface area contributed by atoms with E-state index in [4.69, 9.17) is 0 Å². The van der Waals surface area contributed by atoms with Gasteiger partial charge in [0.25, 0.3) is 0 Å². The van der Waals surface area contributed by atoms with Crippen LogP contribution in [0.4, 0.5) is 47.3 Å². The summed E-state index contributed by atoms with van der Waals surface area (Å²) < 4.78 is 73.9. The van der Waals surface area contributed by atoms with Crippen LogP contribution in [0.15, 0.2) is 12.1 Å². The Hall–Kier alpha value is 0.180. The van der Waals surface area contributed by atoms with E-state index in [2.05, 4.69) is 90.7 Å². The molecule has 26 nitrogen and oxygen atoms in total. The van der Waals surface area contributed by atoms with Crippen LogP contribution in [0.5, 0.6) is 0 Å². The summed E-state index contributed by atoms with van der Waals surface area (Å²) in [6, 6.07) is 2.93. The minimum atomic E-state index is -4.54. The van der Waals surface area contributed by atoms with Gasteiger partial charge in [-0.2, -0.15) is 38.6 Å². The molecule has 3 aromatic heterocycles. The first kappa shape index (κ1) is 54.3. The number of anilines is 8. The van der Waals surface area contributed by atoms with Crippen molar-refractivity contribution in [2.75, 3.05) is 81.1 Å². The smallest absolute Gasteiger partial charge is 0.748 e. The third-order valence-electron chi connectivity index (χ3n) is 4.77. The molecule has 0 spiro atoms. The maximum absolute atomic E-state index is 10.9. The molecule has 0 saturated heterocycles. The predicted molar refractivity (Wildman–Crippen MR) is 161 cm³/mol. The fourth-order valence-corrected chi connectivity index (χ4v) is 4.26. The molecule has 0 radical (unpaired) electrons. The van der Waals surface area contributed by atoms with E-state index in [1.165, 1.54) is 12.1 Å². The van der Waals surface area contributed by atoms with E-state index >= 15 is 0 Å². The van der Waals surface area contributed by atoms with E-state index in [9.17, 15) is 36.5 Å². The molecule has 52 heavy (non-hydrogen) atoms. The summed E-state index contributed by atoms with van der Waals surface area (Å²) in [6.07, 6.45) is 0. The van der Waals surface area contributed by atoms with Crippen molar-refractivity contribution in [2.24, 2.45) is 0 Å². The second kappa shape index (κ2) is 29.4. The van der Waals surface area contributed by atoms with Crippen molar-refractivity contribution < 1.29 is 173 Å². The van der Waals surface area contributed by atoms with E-state index in [-0.39, 0.29) is 192 Å². The zero-order chi connectivity index (χ0) is 34.8. The Morgan fingerprint density at radius 2 is 0.846 bits per heavy atom. The average Bonchev–Trinajstić information content (AvgIpc) is 3.00. The summed E-state index contributed by atoms with van der Waals surface area (Å²) in [6.45, 7) is -0.156. The maximum atomic E-state index is 10.9. The van der Waals surface area contributed by atoms with Gasteiger partial charge in [0.15, 0.2) is 11.6 Å². The Kier molecular flexibility index (Phi) is 30.7. The molecule has 3 aromatic rings. The molecule has 0 atom stereocenters. The van der Waals surface area contributed by atoms with Crippen LogP contribution >= 0.6 is 24.1 Å². The Bertz CT molecular complexity index is 1580. The Morgan fingerprint density at radius 1 is 0.538 bits per heavy atom. The van der Waals surface area contributed by atoms with Crippen molar-refractivity contribution in [3.05, 3.63) is 12.1 Å². The summed E-state index contributed by atoms with van der Waals surface area (Å²) in [7, 11) is -9.08. The minimum Gasteiger partial charge on any atom is -0.748 e. The Labute approximate surface area is 393 Å². The number of hydrogen-bond acceptors (Lipinski definition) is 28. The molecule has 6 N–H and O–H groups in total. The molecule has 3 rings (SSSR count). The van der Waals surface area contributed by atoms with Crippen LogP contribution < -0.4 is 161 Å². The van der Waals surface area contributed by atoms with E-state index in [1.807, 2.05) is 0 Å². The van der Waals surface area contributed by atoms with Gasteiger partial charge in [-0.15, -0.1) is 10.2 Å². The predicted octanol–water partition coefficient (Wildman–Crippen LogP) is -15.2. The molecule has 0 unspecified atom stereocenters. The van der Waals surface area contributed by atoms with E-state index in [0.717, 1.165) is 24.1 Å². The van der Waals surface area contributed by atoms with Gasteiger partial charge in [0.2, 0.25) is 35.7 Å². The summed E-state index contributed by atoms with van der Waals surface area (Å²) in [4.78, 5) is 24.7. The molecule has 0 aromatic carbocycles. The maximum Gasteiger partial charge on any atom is 1.00 e. The van der Waals surface area contributed by atoms with Crippen LogP contribution in [0.2, 0.25) is 0 Å². The van der Waals surface area contributed by atoms with Crippen molar-refractivity contribution in [1.29, 1.82) is 0 Å². The fourth-order valence-electron chi connectivity index (χ4n) is 2.97. The molecular weight excluding hydrogens is 825 g/mol. The molecule has 0 bridgehead atoms. The van der Waals surface area contributed by atoms with Gasteiger partial charge in [0.1, 0.15) is 0 Å². The van der Waals surface area contributed by atoms with Crippen molar-refractivity contribution in [3.63, 3.8) is 0 Å². The van der Waals surface area contributed by atoms with Gasteiger partial charge in [-0.1, -0.05) is 0 Å². The Balaban J connectivity index is 0. The number of aromatic nitrogens is 8. The summed E-state index contributed by atoms with van der Waals surface area (Å²) >= 11 is 1.51. The number of nitrogens with zero attached hydrogens (tertiary/aromatic N) is 8. The van der Waals surface area contributed by atoms with Crippen molar-refractivity contribution in [2.45, 2.75) is 0 Å². The fraction of sp³-hybridized carbons (Fsp3) is 0.444. The van der Waals surface area contributed by atoms with E-state index in [1.54, 1.807) is 0 Å². The molecule has 3 heterocycles. The summed E-state index contributed by atoms with van der Waals surface area (Å²) in [5.74, 6) is -0.909. The first-order chi connectivity index (χ1) is 22.9. The number of nitrogens with one attached hydrogen (secondary N) is 6. The summed E-state index contributed by atoms with van der Waals surface area (Å²) in [5.41, 5.74) is 0. The van der Waals surface area contributed by atoms with Gasteiger partial charge in [0, 0.05) is 61.8 Å². The molecule has 0 amide bonds. The van der Waals surface area contributed by atoms with Gasteiger partial charge >= 0.3 is 118 Å². The molecule has 0 fully saturated rings. The van der Waals surface area contributed by atoms with Gasteiger partial charge in [-0.3, -0.25) is 10.1 Å². The first-order valence-corrected chi connectivity index (χ1v) is 17.8. The van der Waals surface area contributed by atoms with Gasteiger partial charge in [-0.05, 0) is 12.1 Å². The number of hydrogen-bond donors (Lipinski definition) is 6. The zero-order valence-corrected chi connectivity index (χ0v) is 39.2. The molecular formula is C18H24N14Na4O12S4. The largest absolute Gasteiger partial charge is 1.00 e. The SMILES string of the molecule is O=S(=O)([O-])CCNc1nc(NCCS(=O)(=O)[O-])nc(Nc2ccc(Nc3nc(NCCSOO[O-])nc(NCCSOO[O-])n3)nn2)n1.[Na+].[Na+].[Na+].[Na+]. The molecule has 0 aliphatic carbocycles. The second-order valence-electron chi connectivity index (χ2n) is 8.31. The van der Waals surface area contributed by atoms with Crippen molar-refractivity contribution in [3.8, 4) is 0 Å². The second-order valence-corrected chi connectivity index (χ2v) is 12.9. The van der Waals surface area contributed by atoms with Crippen LogP contribution in [0.1, 0.15) is 0 Å². The van der Waals surface area contributed by atoms with Crippen LogP contribution in [0.3, 0.4) is 0 Å². The third-order valence-corrected chi connectivity index (χ3v) is 7.23. The first-order valence-electron chi connectivity index (χ1n) is 12.8. The normalized spacial score (nSPS) is 10.7. The Morgan fingerprint density at radius 3 is 1.13 bits per heavy atom. The van der Waals surface area contributed by atoms with Crippen LogP contribution in [-0.2, 0) is 39.0 Å². The zero-order valence-electron chi connectivity index (χ0n) is 27.9. The molecule has 34 heteroatoms. The van der Waals surface area contributed by atoms with Gasteiger partial charge < -0.3 is 51.5 Å². The minimum absolute atomic E-state index is 0. The van der Waals surface area contributed by atoms with E-state index < -0.39 is 31.7 Å². The van der Waals surface area contributed by atoms with Crippen LogP contribution in [-0.4, -0.2) is 115 Å². The molecule has 0 saturated carbocycles. The third kappa shape index (κ3) is 24.6. The quantitative estimate of drug-likeness (QED) is 0.0122. The van der Waals surface area contributed by atoms with Crippen LogP contribution in [0, 0.1) is 0 Å². The molecule has 266 valence electrons. The van der Waals surface area contributed by atoms with E-state index in [0.29, 0.717) is 11.5 Å². The monoisotopic (exact) mass is 848 g/mol. The molecule has 0 aliphatic heterocycles. The number of rotatable bonds is 24. The molecule has 0 aliphatic rings. The van der Waals surface area contributed by atoms with Crippen LogP contribution in [0.25, 0.3) is 0 Å². The topological polar surface area (TPSA) is 373 Å². The van der Waals surface area contributed by atoms with Crippen molar-refractivity contribution >= 4 is 91.6 Å². The van der Waals surface area contributed by atoms with Crippen molar-refractivity contribution in [1.82, 2.24) is 40.1 Å².